The summed E-state index contributed by atoms with van der Waals surface area (Å²) in [6.45, 7) is 1.09. The molecule has 94 valence electrons. The van der Waals surface area contributed by atoms with Gasteiger partial charge in [-0.3, -0.25) is 4.98 Å². The van der Waals surface area contributed by atoms with E-state index in [1.165, 1.54) is 19.3 Å². The first-order chi connectivity index (χ1) is 8.83. The predicted molar refractivity (Wildman–Crippen MR) is 71.1 cm³/mol. The van der Waals surface area contributed by atoms with Crippen LogP contribution in [-0.2, 0) is 6.42 Å². The van der Waals surface area contributed by atoms with Crippen molar-refractivity contribution in [3.05, 3.63) is 24.3 Å². The van der Waals surface area contributed by atoms with E-state index < -0.39 is 0 Å². The zero-order valence-corrected chi connectivity index (χ0v) is 10.3. The molecule has 0 saturated carbocycles. The Bertz CT molecular complexity index is 548. The fraction of sp³-hybridized carbons (Fsp3) is 0.462. The highest BCUT2D eigenvalue weighted by Gasteiger charge is 2.15. The van der Waals surface area contributed by atoms with Crippen molar-refractivity contribution in [2.45, 2.75) is 31.7 Å². The van der Waals surface area contributed by atoms with Crippen molar-refractivity contribution in [2.24, 2.45) is 0 Å². The molecule has 1 fully saturated rings. The predicted octanol–water partition coefficient (Wildman–Crippen LogP) is 1.29. The molecule has 1 saturated heterocycles. The van der Waals surface area contributed by atoms with Crippen LogP contribution in [0.3, 0.4) is 0 Å². The third-order valence-electron chi connectivity index (χ3n) is 3.41. The number of anilines is 1. The van der Waals surface area contributed by atoms with Crippen molar-refractivity contribution >= 4 is 16.7 Å². The van der Waals surface area contributed by atoms with Crippen LogP contribution in [0.15, 0.2) is 18.5 Å². The Labute approximate surface area is 106 Å². The van der Waals surface area contributed by atoms with Crippen molar-refractivity contribution < 1.29 is 0 Å². The van der Waals surface area contributed by atoms with Gasteiger partial charge in [0.05, 0.1) is 10.9 Å². The summed E-state index contributed by atoms with van der Waals surface area (Å²) in [6.07, 6.45) is 8.04. The van der Waals surface area contributed by atoms with Crippen molar-refractivity contribution in [1.82, 2.24) is 20.3 Å². The van der Waals surface area contributed by atoms with Gasteiger partial charge in [-0.2, -0.15) is 0 Å². The SMILES string of the molecule is Nc1nc(C[C@H]2CCCCN2)nc2ccncc12. The monoisotopic (exact) mass is 243 g/mol. The average molecular weight is 243 g/mol. The highest BCUT2D eigenvalue weighted by molar-refractivity contribution is 5.86. The summed E-state index contributed by atoms with van der Waals surface area (Å²) in [5.74, 6) is 1.35. The minimum atomic E-state index is 0.484. The molecule has 0 bridgehead atoms. The molecule has 2 aromatic rings. The number of rotatable bonds is 2. The Kier molecular flexibility index (Phi) is 3.06. The summed E-state index contributed by atoms with van der Waals surface area (Å²) in [4.78, 5) is 13.0. The van der Waals surface area contributed by atoms with Gasteiger partial charge in [0.1, 0.15) is 11.6 Å². The van der Waals surface area contributed by atoms with Crippen LogP contribution in [-0.4, -0.2) is 27.5 Å². The topological polar surface area (TPSA) is 76.7 Å². The van der Waals surface area contributed by atoms with Crippen molar-refractivity contribution in [1.29, 1.82) is 0 Å². The van der Waals surface area contributed by atoms with Crippen molar-refractivity contribution in [3.63, 3.8) is 0 Å². The van der Waals surface area contributed by atoms with Crippen LogP contribution in [0.2, 0.25) is 0 Å². The zero-order chi connectivity index (χ0) is 12.4. The second-order valence-corrected chi connectivity index (χ2v) is 4.77. The van der Waals surface area contributed by atoms with Gasteiger partial charge in [-0.1, -0.05) is 6.42 Å². The number of piperidine rings is 1. The maximum absolute atomic E-state index is 5.95. The maximum atomic E-state index is 5.95. The van der Waals surface area contributed by atoms with E-state index in [-0.39, 0.29) is 0 Å². The molecule has 1 aliphatic rings. The summed E-state index contributed by atoms with van der Waals surface area (Å²) >= 11 is 0. The summed E-state index contributed by atoms with van der Waals surface area (Å²) in [7, 11) is 0. The van der Waals surface area contributed by atoms with Gasteiger partial charge >= 0.3 is 0 Å². The van der Waals surface area contributed by atoms with Crippen LogP contribution < -0.4 is 11.1 Å². The Hall–Kier alpha value is -1.75. The molecule has 0 aliphatic carbocycles. The van der Waals surface area contributed by atoms with Crippen molar-refractivity contribution in [3.8, 4) is 0 Å². The molecule has 1 atom stereocenters. The number of aromatic nitrogens is 3. The van der Waals surface area contributed by atoms with E-state index in [2.05, 4.69) is 20.3 Å². The molecule has 5 nitrogen and oxygen atoms in total. The van der Waals surface area contributed by atoms with E-state index in [0.29, 0.717) is 11.9 Å². The third-order valence-corrected chi connectivity index (χ3v) is 3.41. The fourth-order valence-corrected chi connectivity index (χ4v) is 2.46. The smallest absolute Gasteiger partial charge is 0.136 e. The van der Waals surface area contributed by atoms with Gasteiger partial charge in [-0.05, 0) is 25.5 Å². The molecule has 0 amide bonds. The lowest BCUT2D eigenvalue weighted by atomic mass is 10.0. The number of hydrogen-bond donors (Lipinski definition) is 2. The van der Waals surface area contributed by atoms with E-state index in [1.54, 1.807) is 12.4 Å². The van der Waals surface area contributed by atoms with E-state index >= 15 is 0 Å². The molecular formula is C13H17N5. The average Bonchev–Trinajstić information content (AvgIpc) is 2.40. The molecule has 0 spiro atoms. The summed E-state index contributed by atoms with van der Waals surface area (Å²) < 4.78 is 0. The first kappa shape index (κ1) is 11.3. The van der Waals surface area contributed by atoms with E-state index in [4.69, 9.17) is 5.73 Å². The van der Waals surface area contributed by atoms with Gasteiger partial charge in [-0.25, -0.2) is 9.97 Å². The normalized spacial score (nSPS) is 20.1. The molecule has 0 aromatic carbocycles. The molecular weight excluding hydrogens is 226 g/mol. The molecule has 2 aromatic heterocycles. The quantitative estimate of drug-likeness (QED) is 0.831. The molecule has 18 heavy (non-hydrogen) atoms. The number of nitrogens with two attached hydrogens (primary N) is 1. The molecule has 3 heterocycles. The number of fused-ring (bicyclic) bond motifs is 1. The van der Waals surface area contributed by atoms with Crippen LogP contribution in [0.5, 0.6) is 0 Å². The van der Waals surface area contributed by atoms with Gasteiger partial charge in [0, 0.05) is 24.9 Å². The Balaban J connectivity index is 1.87. The first-order valence-electron chi connectivity index (χ1n) is 6.42. The lowest BCUT2D eigenvalue weighted by Crippen LogP contribution is -2.36. The number of nitrogen functional groups attached to an aromatic ring is 1. The van der Waals surface area contributed by atoms with E-state index in [9.17, 15) is 0 Å². The largest absolute Gasteiger partial charge is 0.383 e. The second-order valence-electron chi connectivity index (χ2n) is 4.77. The molecule has 5 heteroatoms. The molecule has 3 rings (SSSR count). The van der Waals surface area contributed by atoms with Gasteiger partial charge in [0.25, 0.3) is 0 Å². The molecule has 0 unspecified atom stereocenters. The van der Waals surface area contributed by atoms with Crippen LogP contribution in [0.4, 0.5) is 5.82 Å². The summed E-state index contributed by atoms with van der Waals surface area (Å²) in [6, 6.07) is 2.36. The highest BCUT2D eigenvalue weighted by atomic mass is 15.0. The van der Waals surface area contributed by atoms with Crippen LogP contribution >= 0.6 is 0 Å². The minimum absolute atomic E-state index is 0.484. The highest BCUT2D eigenvalue weighted by Crippen LogP contribution is 2.17. The van der Waals surface area contributed by atoms with Gasteiger partial charge in [-0.15, -0.1) is 0 Å². The lowest BCUT2D eigenvalue weighted by Gasteiger charge is -2.22. The Morgan fingerprint density at radius 2 is 2.28 bits per heavy atom. The van der Waals surface area contributed by atoms with E-state index in [0.717, 1.165) is 29.7 Å². The number of hydrogen-bond acceptors (Lipinski definition) is 5. The van der Waals surface area contributed by atoms with Gasteiger partial charge in [0.15, 0.2) is 0 Å². The van der Waals surface area contributed by atoms with E-state index in [1.807, 2.05) is 6.07 Å². The third kappa shape index (κ3) is 2.26. The van der Waals surface area contributed by atoms with Crippen LogP contribution in [0.1, 0.15) is 25.1 Å². The van der Waals surface area contributed by atoms with Gasteiger partial charge < -0.3 is 11.1 Å². The minimum Gasteiger partial charge on any atom is -0.383 e. The molecule has 1 aliphatic heterocycles. The van der Waals surface area contributed by atoms with Crippen LogP contribution in [0, 0.1) is 0 Å². The molecule has 3 N–H and O–H groups in total. The molecule has 0 radical (unpaired) electrons. The Morgan fingerprint density at radius 3 is 3.11 bits per heavy atom. The number of nitrogens with zero attached hydrogens (tertiary/aromatic N) is 3. The van der Waals surface area contributed by atoms with Crippen LogP contribution in [0.25, 0.3) is 10.9 Å². The fourth-order valence-electron chi connectivity index (χ4n) is 2.46. The number of pyridine rings is 1. The first-order valence-corrected chi connectivity index (χ1v) is 6.42. The standard InChI is InChI=1S/C13H17N5/c14-13-10-8-15-6-4-11(10)17-12(18-13)7-9-3-1-2-5-16-9/h4,6,8-9,16H,1-3,5,7H2,(H2,14,17,18)/t9-/m1/s1. The second kappa shape index (κ2) is 4.86. The van der Waals surface area contributed by atoms with Gasteiger partial charge in [0.2, 0.25) is 0 Å². The summed E-state index contributed by atoms with van der Waals surface area (Å²) in [5.41, 5.74) is 6.83. The lowest BCUT2D eigenvalue weighted by molar-refractivity contribution is 0.394. The Morgan fingerprint density at radius 1 is 1.33 bits per heavy atom. The summed E-state index contributed by atoms with van der Waals surface area (Å²) in [5, 5.41) is 4.33. The number of nitrogens with one attached hydrogen (secondary N) is 1. The zero-order valence-electron chi connectivity index (χ0n) is 10.3. The van der Waals surface area contributed by atoms with Crippen molar-refractivity contribution in [2.75, 3.05) is 12.3 Å². The maximum Gasteiger partial charge on any atom is 0.136 e.